The molecule has 0 aromatic carbocycles. The molecule has 1 fully saturated rings. The zero-order chi connectivity index (χ0) is 13.9. The fourth-order valence-electron chi connectivity index (χ4n) is 2.14. The number of methoxy groups -OCH3 is 1. The van der Waals surface area contributed by atoms with Gasteiger partial charge < -0.3 is 24.8 Å². The summed E-state index contributed by atoms with van der Waals surface area (Å²) in [4.78, 5) is 6.62. The highest BCUT2D eigenvalue weighted by molar-refractivity contribution is 5.80. The molecule has 0 saturated carbocycles. The molecular weight excluding hydrogens is 246 g/mol. The van der Waals surface area contributed by atoms with Crippen molar-refractivity contribution in [2.75, 3.05) is 59.7 Å². The lowest BCUT2D eigenvalue weighted by Gasteiger charge is -2.21. The first kappa shape index (κ1) is 16.2. The fourth-order valence-corrected chi connectivity index (χ4v) is 2.14. The van der Waals surface area contributed by atoms with E-state index in [0.29, 0.717) is 25.7 Å². The van der Waals surface area contributed by atoms with Gasteiger partial charge >= 0.3 is 0 Å². The van der Waals surface area contributed by atoms with E-state index < -0.39 is 0 Å². The van der Waals surface area contributed by atoms with E-state index in [4.69, 9.17) is 14.6 Å². The van der Waals surface area contributed by atoms with E-state index in [9.17, 15) is 0 Å². The van der Waals surface area contributed by atoms with Crippen LogP contribution in [0.5, 0.6) is 0 Å². The van der Waals surface area contributed by atoms with Crippen molar-refractivity contribution in [2.45, 2.75) is 13.3 Å². The Bertz CT molecular complexity index is 262. The molecule has 0 spiro atoms. The number of likely N-dealkylation sites (tertiary alicyclic amines) is 1. The lowest BCUT2D eigenvalue weighted by Crippen LogP contribution is -2.40. The topological polar surface area (TPSA) is 66.3 Å². The Morgan fingerprint density at radius 3 is 3.00 bits per heavy atom. The maximum absolute atomic E-state index is 8.86. The van der Waals surface area contributed by atoms with Crippen LogP contribution < -0.4 is 5.32 Å². The molecule has 6 heteroatoms. The van der Waals surface area contributed by atoms with Gasteiger partial charge in [0.05, 0.1) is 33.0 Å². The van der Waals surface area contributed by atoms with Gasteiger partial charge in [0.15, 0.2) is 5.96 Å². The second kappa shape index (κ2) is 10.00. The standard InChI is InChI=1S/C13H27N3O3/c1-3-14-13(15-5-7-17)16-6-4-12(10-16)11-19-9-8-18-2/h12,17H,3-11H2,1-2H3,(H,14,15). The second-order valence-corrected chi connectivity index (χ2v) is 4.63. The number of ether oxygens (including phenoxy) is 2. The monoisotopic (exact) mass is 273 g/mol. The van der Waals surface area contributed by atoms with Crippen molar-refractivity contribution in [3.63, 3.8) is 0 Å². The molecular formula is C13H27N3O3. The van der Waals surface area contributed by atoms with E-state index in [0.717, 1.165) is 38.6 Å². The Morgan fingerprint density at radius 1 is 1.47 bits per heavy atom. The molecule has 0 aromatic heterocycles. The number of hydrogen-bond acceptors (Lipinski definition) is 4. The van der Waals surface area contributed by atoms with Crippen LogP contribution in [-0.4, -0.2) is 75.7 Å². The van der Waals surface area contributed by atoms with Crippen molar-refractivity contribution in [3.8, 4) is 0 Å². The van der Waals surface area contributed by atoms with Crippen LogP contribution in [-0.2, 0) is 9.47 Å². The summed E-state index contributed by atoms with van der Waals surface area (Å²) in [5, 5.41) is 12.1. The summed E-state index contributed by atoms with van der Waals surface area (Å²) >= 11 is 0. The normalized spacial score (nSPS) is 20.1. The van der Waals surface area contributed by atoms with Gasteiger partial charge in [0.2, 0.25) is 0 Å². The SMILES string of the molecule is CCNC(=NCCO)N1CCC(COCCOC)C1. The lowest BCUT2D eigenvalue weighted by atomic mass is 10.1. The van der Waals surface area contributed by atoms with Gasteiger partial charge in [-0.05, 0) is 13.3 Å². The number of nitrogens with zero attached hydrogens (tertiary/aromatic N) is 2. The Hall–Kier alpha value is -0.850. The van der Waals surface area contributed by atoms with Gasteiger partial charge in [-0.25, -0.2) is 0 Å². The van der Waals surface area contributed by atoms with Gasteiger partial charge in [-0.1, -0.05) is 0 Å². The predicted octanol–water partition coefficient (Wildman–Crippen LogP) is -0.0709. The van der Waals surface area contributed by atoms with Crippen LogP contribution in [0.4, 0.5) is 0 Å². The second-order valence-electron chi connectivity index (χ2n) is 4.63. The average Bonchev–Trinajstić information content (AvgIpc) is 2.88. The van der Waals surface area contributed by atoms with Gasteiger partial charge in [-0.3, -0.25) is 4.99 Å². The minimum Gasteiger partial charge on any atom is -0.394 e. The minimum absolute atomic E-state index is 0.0896. The summed E-state index contributed by atoms with van der Waals surface area (Å²) in [7, 11) is 1.68. The fraction of sp³-hybridized carbons (Fsp3) is 0.923. The van der Waals surface area contributed by atoms with Crippen LogP contribution >= 0.6 is 0 Å². The van der Waals surface area contributed by atoms with Gasteiger partial charge in [-0.15, -0.1) is 0 Å². The number of hydrogen-bond donors (Lipinski definition) is 2. The number of guanidine groups is 1. The molecule has 1 atom stereocenters. The first-order valence-electron chi connectivity index (χ1n) is 7.02. The molecule has 19 heavy (non-hydrogen) atoms. The van der Waals surface area contributed by atoms with E-state index in [1.807, 2.05) is 0 Å². The van der Waals surface area contributed by atoms with E-state index >= 15 is 0 Å². The van der Waals surface area contributed by atoms with Crippen molar-refractivity contribution >= 4 is 5.96 Å². The van der Waals surface area contributed by atoms with Crippen LogP contribution in [0.25, 0.3) is 0 Å². The zero-order valence-corrected chi connectivity index (χ0v) is 12.1. The number of aliphatic hydroxyl groups excluding tert-OH is 1. The predicted molar refractivity (Wildman–Crippen MR) is 75.4 cm³/mol. The van der Waals surface area contributed by atoms with Gasteiger partial charge in [0, 0.05) is 32.7 Å². The molecule has 0 amide bonds. The largest absolute Gasteiger partial charge is 0.394 e. The maximum Gasteiger partial charge on any atom is 0.194 e. The Kier molecular flexibility index (Phi) is 8.53. The first-order chi connectivity index (χ1) is 9.31. The van der Waals surface area contributed by atoms with Crippen LogP contribution in [0.1, 0.15) is 13.3 Å². The van der Waals surface area contributed by atoms with Gasteiger partial charge in [0.25, 0.3) is 0 Å². The number of aliphatic imine (C=N–C) groups is 1. The highest BCUT2D eigenvalue weighted by Gasteiger charge is 2.24. The molecule has 1 aliphatic heterocycles. The van der Waals surface area contributed by atoms with Gasteiger partial charge in [-0.2, -0.15) is 0 Å². The molecule has 1 rings (SSSR count). The summed E-state index contributed by atoms with van der Waals surface area (Å²) in [6.07, 6.45) is 1.12. The molecule has 2 N–H and O–H groups in total. The summed E-state index contributed by atoms with van der Waals surface area (Å²) in [6, 6.07) is 0. The molecule has 112 valence electrons. The Labute approximate surface area is 115 Å². The van der Waals surface area contributed by atoms with E-state index in [1.54, 1.807) is 7.11 Å². The van der Waals surface area contributed by atoms with E-state index in [2.05, 4.69) is 22.1 Å². The Balaban J connectivity index is 2.31. The van der Waals surface area contributed by atoms with Gasteiger partial charge in [0.1, 0.15) is 0 Å². The van der Waals surface area contributed by atoms with Crippen molar-refractivity contribution < 1.29 is 14.6 Å². The highest BCUT2D eigenvalue weighted by Crippen LogP contribution is 2.16. The van der Waals surface area contributed by atoms with Crippen LogP contribution in [0.2, 0.25) is 0 Å². The third-order valence-electron chi connectivity index (χ3n) is 3.07. The quantitative estimate of drug-likeness (QED) is 0.368. The summed E-state index contributed by atoms with van der Waals surface area (Å²) in [6.45, 7) is 7.48. The molecule has 0 bridgehead atoms. The number of aliphatic hydroxyl groups is 1. The third-order valence-corrected chi connectivity index (χ3v) is 3.07. The summed E-state index contributed by atoms with van der Waals surface area (Å²) < 4.78 is 10.5. The minimum atomic E-state index is 0.0896. The number of nitrogens with one attached hydrogen (secondary N) is 1. The summed E-state index contributed by atoms with van der Waals surface area (Å²) in [5.41, 5.74) is 0. The molecule has 0 radical (unpaired) electrons. The van der Waals surface area contributed by atoms with Crippen molar-refractivity contribution in [2.24, 2.45) is 10.9 Å². The van der Waals surface area contributed by atoms with E-state index in [-0.39, 0.29) is 6.61 Å². The molecule has 6 nitrogen and oxygen atoms in total. The summed E-state index contributed by atoms with van der Waals surface area (Å²) in [5.74, 6) is 1.45. The number of rotatable bonds is 8. The smallest absolute Gasteiger partial charge is 0.194 e. The Morgan fingerprint density at radius 2 is 2.32 bits per heavy atom. The van der Waals surface area contributed by atoms with E-state index in [1.165, 1.54) is 0 Å². The van der Waals surface area contributed by atoms with Crippen LogP contribution in [0, 0.1) is 5.92 Å². The van der Waals surface area contributed by atoms with Crippen molar-refractivity contribution in [1.82, 2.24) is 10.2 Å². The first-order valence-corrected chi connectivity index (χ1v) is 7.02. The third kappa shape index (κ3) is 6.22. The zero-order valence-electron chi connectivity index (χ0n) is 12.1. The highest BCUT2D eigenvalue weighted by atomic mass is 16.5. The maximum atomic E-state index is 8.86. The molecule has 0 aromatic rings. The van der Waals surface area contributed by atoms with Crippen LogP contribution in [0.15, 0.2) is 4.99 Å². The lowest BCUT2D eigenvalue weighted by molar-refractivity contribution is 0.0536. The molecule has 1 heterocycles. The molecule has 1 saturated heterocycles. The molecule has 0 aliphatic carbocycles. The molecule has 1 aliphatic rings. The molecule has 1 unspecified atom stereocenters. The van der Waals surface area contributed by atoms with Crippen LogP contribution in [0.3, 0.4) is 0 Å². The van der Waals surface area contributed by atoms with Crippen molar-refractivity contribution in [3.05, 3.63) is 0 Å². The van der Waals surface area contributed by atoms with Crippen molar-refractivity contribution in [1.29, 1.82) is 0 Å². The average molecular weight is 273 g/mol.